The van der Waals surface area contributed by atoms with Crippen molar-refractivity contribution in [3.63, 3.8) is 0 Å². The largest absolute Gasteiger partial charge is 0.369 e. The van der Waals surface area contributed by atoms with E-state index in [0.29, 0.717) is 5.41 Å². The lowest BCUT2D eigenvalue weighted by molar-refractivity contribution is 0.609. The molecule has 1 aromatic rings. The molecule has 0 radical (unpaired) electrons. The second-order valence-corrected chi connectivity index (χ2v) is 4.61. The lowest BCUT2D eigenvalue weighted by atomic mass is 10.1. The molecule has 1 aliphatic carbocycles. The molecule has 76 valence electrons. The van der Waals surface area contributed by atoms with Crippen molar-refractivity contribution in [3.8, 4) is 0 Å². The lowest BCUT2D eigenvalue weighted by Gasteiger charge is -2.11. The fraction of sp³-hybridized carbons (Fsp3) is 0.636. The van der Waals surface area contributed by atoms with E-state index in [2.05, 4.69) is 22.2 Å². The minimum Gasteiger partial charge on any atom is -0.369 e. The van der Waals surface area contributed by atoms with Crippen LogP contribution in [0.1, 0.15) is 31.3 Å². The van der Waals surface area contributed by atoms with E-state index in [1.165, 1.54) is 12.8 Å². The Labute approximate surface area is 85.0 Å². The zero-order valence-electron chi connectivity index (χ0n) is 9.09. The SMILES string of the molecule is Cc1cc(NCC2(C)CC2)nc(C)n1. The van der Waals surface area contributed by atoms with E-state index in [9.17, 15) is 0 Å². The maximum Gasteiger partial charge on any atom is 0.129 e. The molecular weight excluding hydrogens is 174 g/mol. The summed E-state index contributed by atoms with van der Waals surface area (Å²) in [5.41, 5.74) is 1.55. The van der Waals surface area contributed by atoms with Crippen LogP contribution in [0.2, 0.25) is 0 Å². The van der Waals surface area contributed by atoms with Gasteiger partial charge in [0, 0.05) is 18.3 Å². The van der Waals surface area contributed by atoms with E-state index < -0.39 is 0 Å². The molecule has 2 rings (SSSR count). The number of nitrogens with zero attached hydrogens (tertiary/aromatic N) is 2. The van der Waals surface area contributed by atoms with Crippen LogP contribution in [0.3, 0.4) is 0 Å². The third kappa shape index (κ3) is 2.22. The fourth-order valence-electron chi connectivity index (χ4n) is 1.50. The van der Waals surface area contributed by atoms with E-state index in [1.54, 1.807) is 0 Å². The molecule has 0 aliphatic heterocycles. The molecular formula is C11H17N3. The van der Waals surface area contributed by atoms with Gasteiger partial charge in [0.15, 0.2) is 0 Å². The zero-order valence-corrected chi connectivity index (χ0v) is 9.09. The number of nitrogens with one attached hydrogen (secondary N) is 1. The lowest BCUT2D eigenvalue weighted by Crippen LogP contribution is -2.13. The fourth-order valence-corrected chi connectivity index (χ4v) is 1.50. The predicted molar refractivity (Wildman–Crippen MR) is 57.3 cm³/mol. The third-order valence-corrected chi connectivity index (χ3v) is 2.77. The van der Waals surface area contributed by atoms with Gasteiger partial charge in [-0.25, -0.2) is 9.97 Å². The van der Waals surface area contributed by atoms with E-state index >= 15 is 0 Å². The molecule has 3 heteroatoms. The quantitative estimate of drug-likeness (QED) is 0.796. The first-order valence-electron chi connectivity index (χ1n) is 5.14. The van der Waals surface area contributed by atoms with Crippen molar-refractivity contribution < 1.29 is 0 Å². The van der Waals surface area contributed by atoms with Crippen molar-refractivity contribution in [2.24, 2.45) is 5.41 Å². The Kier molecular flexibility index (Phi) is 2.17. The third-order valence-electron chi connectivity index (χ3n) is 2.77. The molecule has 1 aliphatic rings. The molecule has 0 amide bonds. The summed E-state index contributed by atoms with van der Waals surface area (Å²) < 4.78 is 0. The zero-order chi connectivity index (χ0) is 10.2. The monoisotopic (exact) mass is 191 g/mol. The van der Waals surface area contributed by atoms with Crippen LogP contribution in [-0.4, -0.2) is 16.5 Å². The second kappa shape index (κ2) is 3.23. The average molecular weight is 191 g/mol. The Hall–Kier alpha value is -1.12. The molecule has 1 saturated carbocycles. The smallest absolute Gasteiger partial charge is 0.129 e. The normalized spacial score (nSPS) is 17.9. The second-order valence-electron chi connectivity index (χ2n) is 4.61. The van der Waals surface area contributed by atoms with Crippen molar-refractivity contribution in [1.29, 1.82) is 0 Å². The number of aromatic nitrogens is 2. The van der Waals surface area contributed by atoms with Gasteiger partial charge in [0.1, 0.15) is 11.6 Å². The van der Waals surface area contributed by atoms with Crippen molar-refractivity contribution in [2.45, 2.75) is 33.6 Å². The van der Waals surface area contributed by atoms with Gasteiger partial charge in [-0.15, -0.1) is 0 Å². The summed E-state index contributed by atoms with van der Waals surface area (Å²) in [7, 11) is 0. The highest BCUT2D eigenvalue weighted by Crippen LogP contribution is 2.44. The Morgan fingerprint density at radius 3 is 2.64 bits per heavy atom. The summed E-state index contributed by atoms with van der Waals surface area (Å²) in [5, 5.41) is 3.38. The highest BCUT2D eigenvalue weighted by molar-refractivity contribution is 5.36. The number of hydrogen-bond donors (Lipinski definition) is 1. The van der Waals surface area contributed by atoms with Crippen LogP contribution < -0.4 is 5.32 Å². The summed E-state index contributed by atoms with van der Waals surface area (Å²) in [6.07, 6.45) is 2.67. The first kappa shape index (κ1) is 9.44. The van der Waals surface area contributed by atoms with Crippen molar-refractivity contribution in [2.75, 3.05) is 11.9 Å². The van der Waals surface area contributed by atoms with Crippen LogP contribution >= 0.6 is 0 Å². The molecule has 0 unspecified atom stereocenters. The molecule has 3 nitrogen and oxygen atoms in total. The molecule has 0 aromatic carbocycles. The first-order valence-corrected chi connectivity index (χ1v) is 5.14. The molecule has 0 saturated heterocycles. The van der Waals surface area contributed by atoms with Gasteiger partial charge in [0.25, 0.3) is 0 Å². The number of hydrogen-bond acceptors (Lipinski definition) is 3. The summed E-state index contributed by atoms with van der Waals surface area (Å²) >= 11 is 0. The summed E-state index contributed by atoms with van der Waals surface area (Å²) in [6, 6.07) is 2.00. The minimum atomic E-state index is 0.521. The van der Waals surface area contributed by atoms with Crippen LogP contribution in [0.4, 0.5) is 5.82 Å². The minimum absolute atomic E-state index is 0.521. The van der Waals surface area contributed by atoms with E-state index in [-0.39, 0.29) is 0 Å². The topological polar surface area (TPSA) is 37.8 Å². The molecule has 1 fully saturated rings. The van der Waals surface area contributed by atoms with Crippen LogP contribution in [0, 0.1) is 19.3 Å². The van der Waals surface area contributed by atoms with Crippen molar-refractivity contribution in [1.82, 2.24) is 9.97 Å². The van der Waals surface area contributed by atoms with Crippen LogP contribution in [0.5, 0.6) is 0 Å². The average Bonchev–Trinajstić information content (AvgIpc) is 2.80. The maximum absolute atomic E-state index is 4.34. The molecule has 0 bridgehead atoms. The van der Waals surface area contributed by atoms with Gasteiger partial charge in [-0.3, -0.25) is 0 Å². The van der Waals surface area contributed by atoms with Gasteiger partial charge in [-0.2, -0.15) is 0 Å². The maximum atomic E-state index is 4.34. The van der Waals surface area contributed by atoms with Gasteiger partial charge in [0.05, 0.1) is 0 Å². The Bertz CT molecular complexity index is 322. The van der Waals surface area contributed by atoms with Crippen LogP contribution in [0.25, 0.3) is 0 Å². The van der Waals surface area contributed by atoms with E-state index in [0.717, 1.165) is 23.9 Å². The van der Waals surface area contributed by atoms with Crippen LogP contribution in [-0.2, 0) is 0 Å². The Morgan fingerprint density at radius 2 is 2.07 bits per heavy atom. The van der Waals surface area contributed by atoms with Gasteiger partial charge in [-0.05, 0) is 32.1 Å². The highest BCUT2D eigenvalue weighted by Gasteiger charge is 2.36. The van der Waals surface area contributed by atoms with E-state index in [4.69, 9.17) is 0 Å². The molecule has 14 heavy (non-hydrogen) atoms. The highest BCUT2D eigenvalue weighted by atomic mass is 15.0. The number of rotatable bonds is 3. The Morgan fingerprint density at radius 1 is 1.36 bits per heavy atom. The van der Waals surface area contributed by atoms with Gasteiger partial charge in [0.2, 0.25) is 0 Å². The van der Waals surface area contributed by atoms with Gasteiger partial charge < -0.3 is 5.32 Å². The molecule has 1 aromatic heterocycles. The van der Waals surface area contributed by atoms with Gasteiger partial charge in [-0.1, -0.05) is 6.92 Å². The van der Waals surface area contributed by atoms with Crippen molar-refractivity contribution in [3.05, 3.63) is 17.6 Å². The first-order chi connectivity index (χ1) is 6.57. The molecule has 1 heterocycles. The Balaban J connectivity index is 2.01. The summed E-state index contributed by atoms with van der Waals surface area (Å²) in [5.74, 6) is 1.80. The summed E-state index contributed by atoms with van der Waals surface area (Å²) in [6.45, 7) is 7.26. The molecule has 0 spiro atoms. The molecule has 1 N–H and O–H groups in total. The predicted octanol–water partition coefficient (Wildman–Crippen LogP) is 2.31. The van der Waals surface area contributed by atoms with Crippen LogP contribution in [0.15, 0.2) is 6.07 Å². The van der Waals surface area contributed by atoms with Gasteiger partial charge >= 0.3 is 0 Å². The standard InChI is InChI=1S/C11H17N3/c1-8-6-10(14-9(2)13-8)12-7-11(3)4-5-11/h6H,4-5,7H2,1-3H3,(H,12,13,14). The number of anilines is 1. The molecule has 0 atom stereocenters. The van der Waals surface area contributed by atoms with E-state index in [1.807, 2.05) is 19.9 Å². The number of aryl methyl sites for hydroxylation is 2. The van der Waals surface area contributed by atoms with Crippen molar-refractivity contribution >= 4 is 5.82 Å². The summed E-state index contributed by atoms with van der Waals surface area (Å²) in [4.78, 5) is 8.59.